The SMILES string of the molecule is O=C1C[C@H](NCc2cccnc2)CN1CCCc1ccccc1. The topological polar surface area (TPSA) is 45.2 Å². The van der Waals surface area contributed by atoms with Gasteiger partial charge in [0.1, 0.15) is 0 Å². The maximum Gasteiger partial charge on any atom is 0.224 e. The average Bonchev–Trinajstić information content (AvgIpc) is 2.95. The highest BCUT2D eigenvalue weighted by Crippen LogP contribution is 2.13. The third-order valence-corrected chi connectivity index (χ3v) is 4.27. The number of amides is 1. The molecule has 1 atom stereocenters. The van der Waals surface area contributed by atoms with Gasteiger partial charge in [0.25, 0.3) is 0 Å². The minimum absolute atomic E-state index is 0.249. The minimum atomic E-state index is 0.249. The van der Waals surface area contributed by atoms with Crippen LogP contribution in [0, 0.1) is 0 Å². The lowest BCUT2D eigenvalue weighted by molar-refractivity contribution is -0.127. The van der Waals surface area contributed by atoms with Crippen LogP contribution in [0.1, 0.15) is 24.0 Å². The molecule has 1 aromatic carbocycles. The highest BCUT2D eigenvalue weighted by Gasteiger charge is 2.28. The Labute approximate surface area is 137 Å². The third kappa shape index (κ3) is 4.63. The molecule has 1 aliphatic rings. The lowest BCUT2D eigenvalue weighted by Crippen LogP contribution is -2.33. The van der Waals surface area contributed by atoms with E-state index in [0.717, 1.165) is 38.0 Å². The molecule has 2 aromatic rings. The predicted octanol–water partition coefficient (Wildman–Crippen LogP) is 2.40. The molecule has 1 fully saturated rings. The van der Waals surface area contributed by atoms with E-state index in [1.165, 1.54) is 5.56 Å². The van der Waals surface area contributed by atoms with Gasteiger partial charge in [-0.1, -0.05) is 36.4 Å². The summed E-state index contributed by atoms with van der Waals surface area (Å²) in [6.45, 7) is 2.43. The fourth-order valence-electron chi connectivity index (χ4n) is 3.01. The first-order valence-electron chi connectivity index (χ1n) is 8.25. The number of carbonyl (C=O) groups is 1. The quantitative estimate of drug-likeness (QED) is 0.854. The summed E-state index contributed by atoms with van der Waals surface area (Å²) in [7, 11) is 0. The molecule has 3 rings (SSSR count). The van der Waals surface area contributed by atoms with E-state index in [4.69, 9.17) is 0 Å². The van der Waals surface area contributed by atoms with Gasteiger partial charge in [-0.3, -0.25) is 9.78 Å². The van der Waals surface area contributed by atoms with Crippen molar-refractivity contribution in [3.63, 3.8) is 0 Å². The van der Waals surface area contributed by atoms with Gasteiger partial charge in [0, 0.05) is 44.5 Å². The van der Waals surface area contributed by atoms with Crippen LogP contribution in [-0.2, 0) is 17.8 Å². The zero-order valence-electron chi connectivity index (χ0n) is 13.3. The molecule has 1 N–H and O–H groups in total. The van der Waals surface area contributed by atoms with Crippen LogP contribution in [0.25, 0.3) is 0 Å². The number of aryl methyl sites for hydroxylation is 1. The Bertz CT molecular complexity index is 615. The molecule has 0 bridgehead atoms. The Morgan fingerprint density at radius 2 is 1.96 bits per heavy atom. The second-order valence-electron chi connectivity index (χ2n) is 6.07. The number of hydrogen-bond acceptors (Lipinski definition) is 3. The van der Waals surface area contributed by atoms with E-state index in [-0.39, 0.29) is 11.9 Å². The van der Waals surface area contributed by atoms with E-state index in [1.807, 2.05) is 23.2 Å². The normalized spacial score (nSPS) is 17.7. The monoisotopic (exact) mass is 309 g/mol. The van der Waals surface area contributed by atoms with E-state index in [9.17, 15) is 4.79 Å². The first kappa shape index (κ1) is 15.7. The van der Waals surface area contributed by atoms with Crippen molar-refractivity contribution in [1.82, 2.24) is 15.2 Å². The fraction of sp³-hybridized carbons (Fsp3) is 0.368. The maximum absolute atomic E-state index is 12.1. The Balaban J connectivity index is 1.40. The van der Waals surface area contributed by atoms with Crippen LogP contribution in [-0.4, -0.2) is 34.9 Å². The molecule has 1 aliphatic heterocycles. The molecule has 120 valence electrons. The second-order valence-corrected chi connectivity index (χ2v) is 6.07. The summed E-state index contributed by atoms with van der Waals surface area (Å²) in [5, 5.41) is 3.46. The van der Waals surface area contributed by atoms with Gasteiger partial charge in [-0.15, -0.1) is 0 Å². The van der Waals surface area contributed by atoms with Crippen molar-refractivity contribution in [3.8, 4) is 0 Å². The van der Waals surface area contributed by atoms with Crippen molar-refractivity contribution in [2.75, 3.05) is 13.1 Å². The third-order valence-electron chi connectivity index (χ3n) is 4.27. The number of rotatable bonds is 7. The summed E-state index contributed by atoms with van der Waals surface area (Å²) in [5.74, 6) is 0.266. The lowest BCUT2D eigenvalue weighted by atomic mass is 10.1. The Kier molecular flexibility index (Phi) is 5.37. The van der Waals surface area contributed by atoms with E-state index >= 15 is 0 Å². The van der Waals surface area contributed by atoms with E-state index < -0.39 is 0 Å². The smallest absolute Gasteiger partial charge is 0.224 e. The molecule has 0 saturated carbocycles. The molecule has 1 saturated heterocycles. The zero-order chi connectivity index (χ0) is 15.9. The van der Waals surface area contributed by atoms with E-state index in [2.05, 4.69) is 40.6 Å². The molecule has 0 unspecified atom stereocenters. The molecule has 0 radical (unpaired) electrons. The maximum atomic E-state index is 12.1. The van der Waals surface area contributed by atoms with Crippen LogP contribution < -0.4 is 5.32 Å². The molecular weight excluding hydrogens is 286 g/mol. The molecule has 0 spiro atoms. The molecule has 0 aliphatic carbocycles. The van der Waals surface area contributed by atoms with Gasteiger partial charge in [-0.25, -0.2) is 0 Å². The second kappa shape index (κ2) is 7.88. The van der Waals surface area contributed by atoms with Crippen molar-refractivity contribution in [2.24, 2.45) is 0 Å². The van der Waals surface area contributed by atoms with Crippen molar-refractivity contribution in [2.45, 2.75) is 31.8 Å². The molecule has 2 heterocycles. The Hall–Kier alpha value is -2.20. The number of hydrogen-bond donors (Lipinski definition) is 1. The van der Waals surface area contributed by atoms with Crippen LogP contribution in [0.3, 0.4) is 0 Å². The van der Waals surface area contributed by atoms with Crippen molar-refractivity contribution in [3.05, 3.63) is 66.0 Å². The molecule has 23 heavy (non-hydrogen) atoms. The van der Waals surface area contributed by atoms with Crippen molar-refractivity contribution in [1.29, 1.82) is 0 Å². The highest BCUT2D eigenvalue weighted by molar-refractivity contribution is 5.79. The summed E-state index contributed by atoms with van der Waals surface area (Å²) >= 11 is 0. The number of likely N-dealkylation sites (tertiary alicyclic amines) is 1. The number of nitrogens with zero attached hydrogens (tertiary/aromatic N) is 2. The van der Waals surface area contributed by atoms with Gasteiger partial charge in [-0.2, -0.15) is 0 Å². The number of benzene rings is 1. The summed E-state index contributed by atoms with van der Waals surface area (Å²) in [6.07, 6.45) is 6.29. The Morgan fingerprint density at radius 3 is 2.74 bits per heavy atom. The van der Waals surface area contributed by atoms with Crippen LogP contribution in [0.5, 0.6) is 0 Å². The molecule has 1 aromatic heterocycles. The lowest BCUT2D eigenvalue weighted by Gasteiger charge is -2.17. The van der Waals surface area contributed by atoms with Gasteiger partial charge in [0.2, 0.25) is 5.91 Å². The largest absolute Gasteiger partial charge is 0.341 e. The zero-order valence-corrected chi connectivity index (χ0v) is 13.3. The van der Waals surface area contributed by atoms with E-state index in [1.54, 1.807) is 6.20 Å². The average molecular weight is 309 g/mol. The van der Waals surface area contributed by atoms with Gasteiger partial charge in [0.15, 0.2) is 0 Å². The highest BCUT2D eigenvalue weighted by atomic mass is 16.2. The van der Waals surface area contributed by atoms with Crippen molar-refractivity contribution >= 4 is 5.91 Å². The van der Waals surface area contributed by atoms with E-state index in [0.29, 0.717) is 6.42 Å². The molecular formula is C19H23N3O. The van der Waals surface area contributed by atoms with Gasteiger partial charge in [0.05, 0.1) is 0 Å². The van der Waals surface area contributed by atoms with Gasteiger partial charge < -0.3 is 10.2 Å². The number of nitrogens with one attached hydrogen (secondary N) is 1. The van der Waals surface area contributed by atoms with Gasteiger partial charge >= 0.3 is 0 Å². The number of aromatic nitrogens is 1. The summed E-state index contributed by atoms with van der Waals surface area (Å²) in [6, 6.07) is 14.7. The van der Waals surface area contributed by atoms with Crippen LogP contribution in [0.4, 0.5) is 0 Å². The van der Waals surface area contributed by atoms with Crippen LogP contribution in [0.15, 0.2) is 54.9 Å². The number of carbonyl (C=O) groups excluding carboxylic acids is 1. The standard InChI is InChI=1S/C19H23N3O/c23-19-12-18(21-14-17-8-4-10-20-13-17)15-22(19)11-5-9-16-6-2-1-3-7-16/h1-4,6-8,10,13,18,21H,5,9,11-12,14-15H2/t18-/m0/s1. The molecule has 4 nitrogen and oxygen atoms in total. The fourth-order valence-corrected chi connectivity index (χ4v) is 3.01. The summed E-state index contributed by atoms with van der Waals surface area (Å²) in [4.78, 5) is 18.2. The van der Waals surface area contributed by atoms with Gasteiger partial charge in [-0.05, 0) is 30.0 Å². The summed E-state index contributed by atoms with van der Waals surface area (Å²) in [5.41, 5.74) is 2.49. The Morgan fingerprint density at radius 1 is 1.13 bits per heavy atom. The number of pyridine rings is 1. The summed E-state index contributed by atoms with van der Waals surface area (Å²) < 4.78 is 0. The van der Waals surface area contributed by atoms with Crippen LogP contribution >= 0.6 is 0 Å². The first-order chi connectivity index (χ1) is 11.3. The predicted molar refractivity (Wildman–Crippen MR) is 90.8 cm³/mol. The minimum Gasteiger partial charge on any atom is -0.341 e. The van der Waals surface area contributed by atoms with Crippen LogP contribution in [0.2, 0.25) is 0 Å². The molecule has 4 heteroatoms. The first-order valence-corrected chi connectivity index (χ1v) is 8.25. The molecule has 1 amide bonds. The van der Waals surface area contributed by atoms with Crippen molar-refractivity contribution < 1.29 is 4.79 Å².